The lowest BCUT2D eigenvalue weighted by Gasteiger charge is -2.28. The van der Waals surface area contributed by atoms with Gasteiger partial charge in [0.1, 0.15) is 5.82 Å². The van der Waals surface area contributed by atoms with Crippen molar-refractivity contribution in [3.05, 3.63) is 41.7 Å². The second-order valence-electron chi connectivity index (χ2n) is 4.77. The van der Waals surface area contributed by atoms with Gasteiger partial charge in [0, 0.05) is 18.2 Å². The average Bonchev–Trinajstić information content (AvgIpc) is 2.37. The van der Waals surface area contributed by atoms with Crippen LogP contribution in [0.2, 0.25) is 0 Å². The summed E-state index contributed by atoms with van der Waals surface area (Å²) in [4.78, 5) is 11.8. The highest BCUT2D eigenvalue weighted by molar-refractivity contribution is 5.92. The summed E-state index contributed by atoms with van der Waals surface area (Å²) >= 11 is 0. The van der Waals surface area contributed by atoms with Crippen LogP contribution in [0, 0.1) is 5.82 Å². The van der Waals surface area contributed by atoms with Crippen molar-refractivity contribution in [1.82, 2.24) is 5.32 Å². The van der Waals surface area contributed by atoms with Crippen LogP contribution in [0.5, 0.6) is 0 Å². The Morgan fingerprint density at radius 2 is 2.26 bits per heavy atom. The molecule has 104 valence electrons. The normalized spacial score (nSPS) is 14.3. The molecular weight excluding hydrogens is 245 g/mol. The Morgan fingerprint density at radius 3 is 2.84 bits per heavy atom. The minimum absolute atomic E-state index is 0.0260. The van der Waals surface area contributed by atoms with Gasteiger partial charge in [-0.2, -0.15) is 0 Å². The summed E-state index contributed by atoms with van der Waals surface area (Å²) in [7, 11) is 0. The summed E-state index contributed by atoms with van der Waals surface area (Å²) in [5.74, 6) is -0.580. The van der Waals surface area contributed by atoms with Crippen molar-refractivity contribution in [3.8, 4) is 0 Å². The highest BCUT2D eigenvalue weighted by Crippen LogP contribution is 2.13. The number of aliphatic hydroxyl groups excluding tert-OH is 1. The van der Waals surface area contributed by atoms with Crippen LogP contribution in [0.25, 0.3) is 6.08 Å². The molecule has 1 rings (SSSR count). The van der Waals surface area contributed by atoms with Gasteiger partial charge in [0.2, 0.25) is 5.91 Å². The number of carbonyl (C=O) groups is 1. The maximum Gasteiger partial charge on any atom is 0.244 e. The third-order valence-corrected chi connectivity index (χ3v) is 3.14. The fourth-order valence-electron chi connectivity index (χ4n) is 1.70. The molecular formula is C15H20FNO2. The standard InChI is InChI=1S/C15H20FNO2/c1-3-15(2,9-10-18)17-14(19)8-7-12-5-4-6-13(16)11-12/h4-8,11,18H,3,9-10H2,1-2H3,(H,17,19)/b8-7+. The van der Waals surface area contributed by atoms with Crippen LogP contribution in [0.1, 0.15) is 32.3 Å². The van der Waals surface area contributed by atoms with Gasteiger partial charge in [-0.15, -0.1) is 0 Å². The van der Waals surface area contributed by atoms with Crippen molar-refractivity contribution < 1.29 is 14.3 Å². The minimum Gasteiger partial charge on any atom is -0.396 e. The predicted octanol–water partition coefficient (Wildman–Crippen LogP) is 2.51. The highest BCUT2D eigenvalue weighted by atomic mass is 19.1. The topological polar surface area (TPSA) is 49.3 Å². The summed E-state index contributed by atoms with van der Waals surface area (Å²) in [5, 5.41) is 11.8. The molecule has 2 N–H and O–H groups in total. The Hall–Kier alpha value is -1.68. The maximum absolute atomic E-state index is 13.0. The highest BCUT2D eigenvalue weighted by Gasteiger charge is 2.22. The molecule has 4 heteroatoms. The maximum atomic E-state index is 13.0. The molecule has 0 saturated heterocycles. The van der Waals surface area contributed by atoms with E-state index in [4.69, 9.17) is 5.11 Å². The number of halogens is 1. The molecule has 1 amide bonds. The lowest BCUT2D eigenvalue weighted by molar-refractivity contribution is -0.118. The van der Waals surface area contributed by atoms with Gasteiger partial charge in [-0.1, -0.05) is 19.1 Å². The Bertz CT molecular complexity index is 459. The Labute approximate surface area is 113 Å². The van der Waals surface area contributed by atoms with E-state index in [1.165, 1.54) is 18.2 Å². The molecule has 0 fully saturated rings. The molecule has 1 unspecified atom stereocenters. The smallest absolute Gasteiger partial charge is 0.244 e. The molecule has 19 heavy (non-hydrogen) atoms. The summed E-state index contributed by atoms with van der Waals surface area (Å²) in [6, 6.07) is 6.03. The predicted molar refractivity (Wildman–Crippen MR) is 74.0 cm³/mol. The number of aliphatic hydroxyl groups is 1. The molecule has 3 nitrogen and oxygen atoms in total. The number of amides is 1. The van der Waals surface area contributed by atoms with Gasteiger partial charge in [0.15, 0.2) is 0 Å². The van der Waals surface area contributed by atoms with Gasteiger partial charge in [-0.3, -0.25) is 4.79 Å². The van der Waals surface area contributed by atoms with E-state index in [9.17, 15) is 9.18 Å². The molecule has 0 heterocycles. The van der Waals surface area contributed by atoms with E-state index in [2.05, 4.69) is 5.32 Å². The second kappa shape index (κ2) is 7.04. The molecule has 1 aromatic rings. The number of carbonyl (C=O) groups excluding carboxylic acids is 1. The zero-order valence-corrected chi connectivity index (χ0v) is 11.3. The summed E-state index contributed by atoms with van der Waals surface area (Å²) in [6.45, 7) is 3.86. The van der Waals surface area contributed by atoms with Gasteiger partial charge < -0.3 is 10.4 Å². The van der Waals surface area contributed by atoms with E-state index in [0.717, 1.165) is 6.42 Å². The van der Waals surface area contributed by atoms with Crippen molar-refractivity contribution >= 4 is 12.0 Å². The van der Waals surface area contributed by atoms with E-state index in [1.807, 2.05) is 13.8 Å². The van der Waals surface area contributed by atoms with E-state index in [1.54, 1.807) is 18.2 Å². The molecule has 0 aliphatic heterocycles. The van der Waals surface area contributed by atoms with E-state index < -0.39 is 5.54 Å². The molecule has 0 aliphatic rings. The Balaban J connectivity index is 2.64. The number of nitrogens with one attached hydrogen (secondary N) is 1. The van der Waals surface area contributed by atoms with E-state index >= 15 is 0 Å². The lowest BCUT2D eigenvalue weighted by Crippen LogP contribution is -2.45. The van der Waals surface area contributed by atoms with Crippen LogP contribution < -0.4 is 5.32 Å². The second-order valence-corrected chi connectivity index (χ2v) is 4.77. The van der Waals surface area contributed by atoms with Crippen molar-refractivity contribution in [2.45, 2.75) is 32.2 Å². The Morgan fingerprint density at radius 1 is 1.53 bits per heavy atom. The van der Waals surface area contributed by atoms with Crippen LogP contribution >= 0.6 is 0 Å². The molecule has 1 atom stereocenters. The zero-order valence-electron chi connectivity index (χ0n) is 11.3. The van der Waals surface area contributed by atoms with Crippen LogP contribution in [-0.2, 0) is 4.79 Å². The summed E-state index contributed by atoms with van der Waals surface area (Å²) in [5.41, 5.74) is 0.216. The van der Waals surface area contributed by atoms with Gasteiger partial charge in [0.05, 0.1) is 0 Å². The third-order valence-electron chi connectivity index (χ3n) is 3.14. The molecule has 0 radical (unpaired) electrons. The minimum atomic E-state index is -0.419. The molecule has 1 aromatic carbocycles. The summed E-state index contributed by atoms with van der Waals surface area (Å²) < 4.78 is 13.0. The third kappa shape index (κ3) is 5.22. The first-order valence-electron chi connectivity index (χ1n) is 6.36. The number of hydrogen-bond acceptors (Lipinski definition) is 2. The molecule has 0 aromatic heterocycles. The molecule has 0 bridgehead atoms. The Kier molecular flexibility index (Phi) is 5.70. The molecule has 0 saturated carbocycles. The summed E-state index contributed by atoms with van der Waals surface area (Å²) in [6.07, 6.45) is 4.17. The van der Waals surface area contributed by atoms with Crippen molar-refractivity contribution in [1.29, 1.82) is 0 Å². The van der Waals surface area contributed by atoms with Crippen molar-refractivity contribution in [2.75, 3.05) is 6.61 Å². The van der Waals surface area contributed by atoms with Gasteiger partial charge >= 0.3 is 0 Å². The first kappa shape index (κ1) is 15.4. The number of hydrogen-bond donors (Lipinski definition) is 2. The quantitative estimate of drug-likeness (QED) is 0.776. The first-order valence-corrected chi connectivity index (χ1v) is 6.36. The van der Waals surface area contributed by atoms with Gasteiger partial charge in [-0.25, -0.2) is 4.39 Å². The number of rotatable bonds is 6. The molecule has 0 aliphatic carbocycles. The SMILES string of the molecule is CCC(C)(CCO)NC(=O)/C=C/c1cccc(F)c1. The van der Waals surface area contributed by atoms with Gasteiger partial charge in [0.25, 0.3) is 0 Å². The lowest BCUT2D eigenvalue weighted by atomic mass is 9.95. The fourth-order valence-corrected chi connectivity index (χ4v) is 1.70. The number of benzene rings is 1. The zero-order chi connectivity index (χ0) is 14.3. The molecule has 0 spiro atoms. The van der Waals surface area contributed by atoms with Crippen LogP contribution in [0.3, 0.4) is 0 Å². The van der Waals surface area contributed by atoms with Crippen molar-refractivity contribution in [3.63, 3.8) is 0 Å². The van der Waals surface area contributed by atoms with Crippen LogP contribution in [0.4, 0.5) is 4.39 Å². The van der Waals surface area contributed by atoms with Crippen molar-refractivity contribution in [2.24, 2.45) is 0 Å². The van der Waals surface area contributed by atoms with Crippen LogP contribution in [0.15, 0.2) is 30.3 Å². The van der Waals surface area contributed by atoms with E-state index in [-0.39, 0.29) is 18.3 Å². The largest absolute Gasteiger partial charge is 0.396 e. The first-order chi connectivity index (χ1) is 8.99. The van der Waals surface area contributed by atoms with Crippen LogP contribution in [-0.4, -0.2) is 23.2 Å². The fraction of sp³-hybridized carbons (Fsp3) is 0.400. The monoisotopic (exact) mass is 265 g/mol. The van der Waals surface area contributed by atoms with Gasteiger partial charge in [-0.05, 0) is 43.5 Å². The average molecular weight is 265 g/mol. The van der Waals surface area contributed by atoms with E-state index in [0.29, 0.717) is 12.0 Å².